The molecule has 1 N–H and O–H groups in total. The van der Waals surface area contributed by atoms with E-state index < -0.39 is 0 Å². The lowest BCUT2D eigenvalue weighted by Crippen LogP contribution is -2.50. The normalized spacial score (nSPS) is 13.9. The molecule has 8 nitrogen and oxygen atoms in total. The number of carbonyl (C=O) groups is 2. The van der Waals surface area contributed by atoms with Gasteiger partial charge in [0.2, 0.25) is 0 Å². The molecule has 28 heavy (non-hydrogen) atoms. The summed E-state index contributed by atoms with van der Waals surface area (Å²) < 4.78 is 4.99. The quantitative estimate of drug-likeness (QED) is 0.854. The number of rotatable bonds is 5. The molecule has 0 unspecified atom stereocenters. The molecule has 1 aliphatic rings. The number of amides is 2. The van der Waals surface area contributed by atoms with Gasteiger partial charge >= 0.3 is 6.09 Å². The maximum Gasteiger partial charge on any atom is 0.409 e. The molecule has 0 atom stereocenters. The number of benzene rings is 1. The molecule has 0 radical (unpaired) electrons. The van der Waals surface area contributed by atoms with Gasteiger partial charge in [0.1, 0.15) is 0 Å². The van der Waals surface area contributed by atoms with Gasteiger partial charge in [0.05, 0.1) is 6.61 Å². The Kier molecular flexibility index (Phi) is 6.41. The second kappa shape index (κ2) is 9.16. The monoisotopic (exact) mass is 383 g/mol. The van der Waals surface area contributed by atoms with E-state index >= 15 is 0 Å². The highest BCUT2D eigenvalue weighted by molar-refractivity contribution is 5.92. The zero-order valence-corrected chi connectivity index (χ0v) is 16.2. The lowest BCUT2D eigenvalue weighted by atomic mass is 10.1. The fourth-order valence-electron chi connectivity index (χ4n) is 2.95. The number of carbonyl (C=O) groups excluding carboxylic acids is 2. The van der Waals surface area contributed by atoms with Gasteiger partial charge in [-0.2, -0.15) is 0 Å². The van der Waals surface area contributed by atoms with Crippen molar-refractivity contribution in [3.05, 3.63) is 47.7 Å². The van der Waals surface area contributed by atoms with E-state index in [1.54, 1.807) is 28.9 Å². The minimum Gasteiger partial charge on any atom is -0.450 e. The van der Waals surface area contributed by atoms with Gasteiger partial charge in [-0.1, -0.05) is 19.1 Å². The van der Waals surface area contributed by atoms with Crippen LogP contribution in [0, 0.1) is 0 Å². The molecule has 0 spiro atoms. The number of anilines is 2. The van der Waals surface area contributed by atoms with Crippen molar-refractivity contribution in [3.63, 3.8) is 0 Å². The molecule has 8 heteroatoms. The van der Waals surface area contributed by atoms with Crippen molar-refractivity contribution in [1.82, 2.24) is 20.0 Å². The molecule has 1 aromatic carbocycles. The van der Waals surface area contributed by atoms with Crippen molar-refractivity contribution in [2.75, 3.05) is 38.1 Å². The van der Waals surface area contributed by atoms with Gasteiger partial charge in [0.15, 0.2) is 11.5 Å². The van der Waals surface area contributed by atoms with Crippen molar-refractivity contribution in [2.45, 2.75) is 20.3 Å². The Bertz CT molecular complexity index is 800. The van der Waals surface area contributed by atoms with E-state index in [2.05, 4.69) is 34.6 Å². The summed E-state index contributed by atoms with van der Waals surface area (Å²) in [6.07, 6.45) is 0.655. The Morgan fingerprint density at radius 3 is 2.21 bits per heavy atom. The summed E-state index contributed by atoms with van der Waals surface area (Å²) in [5.74, 6) is 0.391. The van der Waals surface area contributed by atoms with Crippen molar-refractivity contribution in [1.29, 1.82) is 0 Å². The first kappa shape index (κ1) is 19.6. The predicted octanol–water partition coefficient (Wildman–Crippen LogP) is 2.70. The molecule has 2 amide bonds. The van der Waals surface area contributed by atoms with Gasteiger partial charge in [-0.25, -0.2) is 4.79 Å². The van der Waals surface area contributed by atoms with E-state index in [1.807, 2.05) is 12.1 Å². The molecule has 148 valence electrons. The molecule has 1 saturated heterocycles. The average Bonchev–Trinajstić information content (AvgIpc) is 2.74. The van der Waals surface area contributed by atoms with Crippen LogP contribution in [0.15, 0.2) is 36.4 Å². The van der Waals surface area contributed by atoms with Crippen molar-refractivity contribution >= 4 is 23.5 Å². The Labute approximate surface area is 164 Å². The average molecular weight is 383 g/mol. The molecular formula is C20H25N5O3. The van der Waals surface area contributed by atoms with Gasteiger partial charge in [0, 0.05) is 31.9 Å². The van der Waals surface area contributed by atoms with Crippen LogP contribution < -0.4 is 5.32 Å². The maximum atomic E-state index is 12.6. The van der Waals surface area contributed by atoms with Crippen LogP contribution in [0.3, 0.4) is 0 Å². The summed E-state index contributed by atoms with van der Waals surface area (Å²) in [7, 11) is 0. The molecule has 0 aliphatic carbocycles. The van der Waals surface area contributed by atoms with Gasteiger partial charge < -0.3 is 19.9 Å². The molecule has 1 aromatic heterocycles. The highest BCUT2D eigenvalue weighted by Gasteiger charge is 2.26. The van der Waals surface area contributed by atoms with E-state index in [-0.39, 0.29) is 17.7 Å². The lowest BCUT2D eigenvalue weighted by molar-refractivity contribution is 0.0565. The van der Waals surface area contributed by atoms with Crippen LogP contribution in [-0.4, -0.2) is 64.8 Å². The van der Waals surface area contributed by atoms with Crippen LogP contribution in [0.1, 0.15) is 29.9 Å². The number of aromatic nitrogens is 2. The fraction of sp³-hybridized carbons (Fsp3) is 0.400. The Morgan fingerprint density at radius 2 is 1.64 bits per heavy atom. The molecule has 2 heterocycles. The first-order valence-electron chi connectivity index (χ1n) is 9.51. The third-order valence-electron chi connectivity index (χ3n) is 4.61. The van der Waals surface area contributed by atoms with Crippen LogP contribution in [-0.2, 0) is 11.2 Å². The van der Waals surface area contributed by atoms with E-state index in [0.29, 0.717) is 38.6 Å². The molecule has 0 saturated carbocycles. The number of ether oxygens (including phenoxy) is 1. The highest BCUT2D eigenvalue weighted by atomic mass is 16.6. The van der Waals surface area contributed by atoms with Crippen molar-refractivity contribution < 1.29 is 14.3 Å². The smallest absolute Gasteiger partial charge is 0.409 e. The third kappa shape index (κ3) is 4.76. The molecule has 0 bridgehead atoms. The van der Waals surface area contributed by atoms with Gasteiger partial charge in [-0.15, -0.1) is 10.2 Å². The standard InChI is InChI=1S/C20H25N5O3/c1-3-15-5-7-16(8-6-15)21-18-10-9-17(22-23-18)19(26)24-11-13-25(14-12-24)20(27)28-4-2/h5-10H,3-4,11-14H2,1-2H3,(H,21,23). The second-order valence-corrected chi connectivity index (χ2v) is 6.46. The SMILES string of the molecule is CCOC(=O)N1CCN(C(=O)c2ccc(Nc3ccc(CC)cc3)nn2)CC1. The first-order chi connectivity index (χ1) is 13.6. The zero-order valence-electron chi connectivity index (χ0n) is 16.2. The summed E-state index contributed by atoms with van der Waals surface area (Å²) in [5.41, 5.74) is 2.47. The van der Waals surface area contributed by atoms with Crippen molar-refractivity contribution in [2.24, 2.45) is 0 Å². The zero-order chi connectivity index (χ0) is 19.9. The molecule has 3 rings (SSSR count). The largest absolute Gasteiger partial charge is 0.450 e. The minimum absolute atomic E-state index is 0.185. The Balaban J connectivity index is 1.55. The first-order valence-corrected chi connectivity index (χ1v) is 9.51. The van der Waals surface area contributed by atoms with Crippen molar-refractivity contribution in [3.8, 4) is 0 Å². The number of piperazine rings is 1. The number of aryl methyl sites for hydroxylation is 1. The van der Waals surface area contributed by atoms with Crippen LogP contribution >= 0.6 is 0 Å². The third-order valence-corrected chi connectivity index (χ3v) is 4.61. The predicted molar refractivity (Wildman–Crippen MR) is 106 cm³/mol. The summed E-state index contributed by atoms with van der Waals surface area (Å²) in [6.45, 7) is 6.02. The van der Waals surface area contributed by atoms with Crippen LogP contribution in [0.4, 0.5) is 16.3 Å². The lowest BCUT2D eigenvalue weighted by Gasteiger charge is -2.33. The summed E-state index contributed by atoms with van der Waals surface area (Å²) in [5, 5.41) is 11.3. The summed E-state index contributed by atoms with van der Waals surface area (Å²) in [6, 6.07) is 11.5. The summed E-state index contributed by atoms with van der Waals surface area (Å²) >= 11 is 0. The molecular weight excluding hydrogens is 358 g/mol. The molecule has 2 aromatic rings. The summed E-state index contributed by atoms with van der Waals surface area (Å²) in [4.78, 5) is 27.6. The number of nitrogens with zero attached hydrogens (tertiary/aromatic N) is 4. The Hall–Kier alpha value is -3.16. The fourth-order valence-corrected chi connectivity index (χ4v) is 2.95. The van der Waals surface area contributed by atoms with Crippen LogP contribution in [0.2, 0.25) is 0 Å². The topological polar surface area (TPSA) is 87.7 Å². The van der Waals surface area contributed by atoms with Crippen LogP contribution in [0.5, 0.6) is 0 Å². The highest BCUT2D eigenvalue weighted by Crippen LogP contribution is 2.16. The Morgan fingerprint density at radius 1 is 0.964 bits per heavy atom. The number of hydrogen-bond acceptors (Lipinski definition) is 6. The molecule has 1 aliphatic heterocycles. The van der Waals surface area contributed by atoms with Gasteiger partial charge in [-0.3, -0.25) is 4.79 Å². The minimum atomic E-state index is -0.336. The molecule has 1 fully saturated rings. The number of hydrogen-bond donors (Lipinski definition) is 1. The van der Waals surface area contributed by atoms with Crippen LogP contribution in [0.25, 0.3) is 0 Å². The maximum absolute atomic E-state index is 12.6. The van der Waals surface area contributed by atoms with E-state index in [4.69, 9.17) is 4.74 Å². The van der Waals surface area contributed by atoms with E-state index in [9.17, 15) is 9.59 Å². The van der Waals surface area contributed by atoms with E-state index in [0.717, 1.165) is 12.1 Å². The van der Waals surface area contributed by atoms with E-state index in [1.165, 1.54) is 5.56 Å². The van der Waals surface area contributed by atoms with Gasteiger partial charge in [-0.05, 0) is 43.2 Å². The van der Waals surface area contributed by atoms with Gasteiger partial charge in [0.25, 0.3) is 5.91 Å². The number of nitrogens with one attached hydrogen (secondary N) is 1. The second-order valence-electron chi connectivity index (χ2n) is 6.46.